The fourth-order valence-corrected chi connectivity index (χ4v) is 5.36. The molecule has 10 heteroatoms. The van der Waals surface area contributed by atoms with Gasteiger partial charge in [-0.05, 0) is 19.9 Å². The smallest absolute Gasteiger partial charge is 0.274 e. The number of carbonyl (C=O) groups excluding carboxylic acids is 1. The van der Waals surface area contributed by atoms with Crippen LogP contribution in [0, 0.1) is 13.8 Å². The first-order chi connectivity index (χ1) is 11.3. The van der Waals surface area contributed by atoms with Crippen LogP contribution in [-0.2, 0) is 17.1 Å². The lowest BCUT2D eigenvalue weighted by atomic mass is 10.3. The Balaban J connectivity index is 2.05. The number of rotatable bonds is 3. The molecule has 1 aliphatic rings. The molecular formula is C14H19N5O3S2. The second-order valence-electron chi connectivity index (χ2n) is 5.68. The first-order valence-corrected chi connectivity index (χ1v) is 10.1. The molecule has 2 aromatic rings. The van der Waals surface area contributed by atoms with Crippen molar-refractivity contribution in [2.75, 3.05) is 24.6 Å². The van der Waals surface area contributed by atoms with Crippen LogP contribution in [0.25, 0.3) is 0 Å². The Hall–Kier alpha value is -1.65. The molecule has 0 bridgehead atoms. The van der Waals surface area contributed by atoms with Gasteiger partial charge in [0.2, 0.25) is 5.03 Å². The molecule has 3 rings (SSSR count). The molecule has 1 saturated heterocycles. The number of aromatic nitrogens is 4. The topological polar surface area (TPSA) is 90.1 Å². The minimum Gasteiger partial charge on any atom is -0.274 e. The van der Waals surface area contributed by atoms with Crippen molar-refractivity contribution in [1.82, 2.24) is 23.9 Å². The molecule has 0 aliphatic carbocycles. The van der Waals surface area contributed by atoms with E-state index in [2.05, 4.69) is 10.2 Å². The molecule has 0 atom stereocenters. The highest BCUT2D eigenvalue weighted by Gasteiger charge is 2.34. The van der Waals surface area contributed by atoms with Crippen molar-refractivity contribution < 1.29 is 13.2 Å². The van der Waals surface area contributed by atoms with Gasteiger partial charge in [0.15, 0.2) is 0 Å². The van der Waals surface area contributed by atoms with Gasteiger partial charge in [0.05, 0.1) is 5.69 Å². The zero-order chi connectivity index (χ0) is 17.5. The third kappa shape index (κ3) is 3.01. The number of carbonyl (C=O) groups is 1. The minimum absolute atomic E-state index is 0.0435. The van der Waals surface area contributed by atoms with Crippen molar-refractivity contribution in [2.24, 2.45) is 7.05 Å². The Labute approximate surface area is 144 Å². The zero-order valence-corrected chi connectivity index (χ0v) is 15.4. The Bertz CT molecular complexity index is 878. The molecule has 0 amide bonds. The maximum atomic E-state index is 12.9. The Morgan fingerprint density at radius 3 is 2.46 bits per heavy atom. The van der Waals surface area contributed by atoms with Gasteiger partial charge in [-0.25, -0.2) is 13.1 Å². The van der Waals surface area contributed by atoms with Crippen LogP contribution in [-0.4, -0.2) is 62.8 Å². The average molecular weight is 369 g/mol. The number of nitrogens with zero attached hydrogens (tertiary/aromatic N) is 5. The standard InChI is InChI=1S/C14H19N5O3S2/c1-10-8-11(2)19(15-10)14(20)12-9-17(3)16-13(12)24(21,22)18-4-6-23-7-5-18/h8-9H,4-7H2,1-3H3. The lowest BCUT2D eigenvalue weighted by molar-refractivity contribution is 0.0939. The normalized spacial score (nSPS) is 16.5. The van der Waals surface area contributed by atoms with E-state index in [-0.39, 0.29) is 10.6 Å². The first kappa shape index (κ1) is 17.2. The van der Waals surface area contributed by atoms with Crippen molar-refractivity contribution >= 4 is 27.7 Å². The lowest BCUT2D eigenvalue weighted by Crippen LogP contribution is -2.38. The fraction of sp³-hybridized carbons (Fsp3) is 0.500. The van der Waals surface area contributed by atoms with E-state index in [1.54, 1.807) is 38.7 Å². The van der Waals surface area contributed by atoms with E-state index in [0.717, 1.165) is 11.5 Å². The summed E-state index contributed by atoms with van der Waals surface area (Å²) in [6.45, 7) is 4.39. The quantitative estimate of drug-likeness (QED) is 0.789. The fourth-order valence-electron chi connectivity index (χ4n) is 2.66. The van der Waals surface area contributed by atoms with Gasteiger partial charge in [-0.1, -0.05) is 0 Å². The summed E-state index contributed by atoms with van der Waals surface area (Å²) in [5, 5.41) is 8.01. The van der Waals surface area contributed by atoms with E-state index in [9.17, 15) is 13.2 Å². The van der Waals surface area contributed by atoms with Crippen LogP contribution in [0.2, 0.25) is 0 Å². The van der Waals surface area contributed by atoms with Gasteiger partial charge in [0, 0.05) is 43.5 Å². The Morgan fingerprint density at radius 2 is 1.88 bits per heavy atom. The summed E-state index contributed by atoms with van der Waals surface area (Å²) >= 11 is 1.71. The Kier molecular flexibility index (Phi) is 4.54. The van der Waals surface area contributed by atoms with E-state index in [1.165, 1.54) is 19.9 Å². The molecule has 3 heterocycles. The van der Waals surface area contributed by atoms with Gasteiger partial charge in [0.25, 0.3) is 15.9 Å². The van der Waals surface area contributed by atoms with Gasteiger partial charge in [-0.3, -0.25) is 9.48 Å². The highest BCUT2D eigenvalue weighted by atomic mass is 32.2. The molecule has 0 N–H and O–H groups in total. The molecule has 8 nitrogen and oxygen atoms in total. The molecule has 130 valence electrons. The SMILES string of the molecule is Cc1cc(C)n(C(=O)c2cn(C)nc2S(=O)(=O)N2CCSCC2)n1. The summed E-state index contributed by atoms with van der Waals surface area (Å²) in [5.41, 5.74) is 1.39. The molecule has 0 radical (unpaired) electrons. The molecule has 0 unspecified atom stereocenters. The molecule has 0 saturated carbocycles. The van der Waals surface area contributed by atoms with Crippen molar-refractivity contribution in [2.45, 2.75) is 18.9 Å². The van der Waals surface area contributed by atoms with Crippen LogP contribution in [0.1, 0.15) is 21.7 Å². The van der Waals surface area contributed by atoms with E-state index in [4.69, 9.17) is 0 Å². The molecule has 0 spiro atoms. The van der Waals surface area contributed by atoms with E-state index in [0.29, 0.717) is 24.5 Å². The van der Waals surface area contributed by atoms with E-state index >= 15 is 0 Å². The average Bonchev–Trinajstić information content (AvgIpc) is 3.10. The van der Waals surface area contributed by atoms with Gasteiger partial charge >= 0.3 is 0 Å². The molecule has 24 heavy (non-hydrogen) atoms. The van der Waals surface area contributed by atoms with Crippen molar-refractivity contribution in [1.29, 1.82) is 0 Å². The second kappa shape index (κ2) is 6.34. The summed E-state index contributed by atoms with van der Waals surface area (Å²) < 4.78 is 29.8. The van der Waals surface area contributed by atoms with Crippen LogP contribution in [0.3, 0.4) is 0 Å². The number of sulfonamides is 1. The second-order valence-corrected chi connectivity index (χ2v) is 8.76. The van der Waals surface area contributed by atoms with Gasteiger partial charge in [-0.2, -0.15) is 26.3 Å². The van der Waals surface area contributed by atoms with E-state index < -0.39 is 15.9 Å². The highest BCUT2D eigenvalue weighted by molar-refractivity contribution is 7.99. The van der Waals surface area contributed by atoms with Crippen LogP contribution < -0.4 is 0 Å². The predicted octanol–water partition coefficient (Wildman–Crippen LogP) is 0.659. The lowest BCUT2D eigenvalue weighted by Gasteiger charge is -2.24. The summed E-state index contributed by atoms with van der Waals surface area (Å²) in [6.07, 6.45) is 1.43. The van der Waals surface area contributed by atoms with Crippen molar-refractivity contribution in [3.05, 3.63) is 29.2 Å². The maximum Gasteiger partial charge on any atom is 0.283 e. The van der Waals surface area contributed by atoms with Gasteiger partial charge in [0.1, 0.15) is 5.56 Å². The number of aryl methyl sites for hydroxylation is 3. The Morgan fingerprint density at radius 1 is 1.21 bits per heavy atom. The van der Waals surface area contributed by atoms with Crippen LogP contribution in [0.15, 0.2) is 17.3 Å². The first-order valence-electron chi connectivity index (χ1n) is 7.50. The largest absolute Gasteiger partial charge is 0.283 e. The third-order valence-corrected chi connectivity index (χ3v) is 6.56. The number of hydrogen-bond donors (Lipinski definition) is 0. The highest BCUT2D eigenvalue weighted by Crippen LogP contribution is 2.23. The summed E-state index contributed by atoms with van der Waals surface area (Å²) in [7, 11) is -2.20. The van der Waals surface area contributed by atoms with Crippen LogP contribution in [0.4, 0.5) is 0 Å². The monoisotopic (exact) mass is 369 g/mol. The summed E-state index contributed by atoms with van der Waals surface area (Å²) in [4.78, 5) is 12.8. The van der Waals surface area contributed by atoms with Gasteiger partial charge < -0.3 is 0 Å². The van der Waals surface area contributed by atoms with Crippen molar-refractivity contribution in [3.8, 4) is 0 Å². The summed E-state index contributed by atoms with van der Waals surface area (Å²) in [5.74, 6) is 0.998. The summed E-state index contributed by atoms with van der Waals surface area (Å²) in [6, 6.07) is 1.77. The van der Waals surface area contributed by atoms with Gasteiger partial charge in [-0.15, -0.1) is 0 Å². The number of hydrogen-bond acceptors (Lipinski definition) is 6. The molecule has 1 aliphatic heterocycles. The maximum absolute atomic E-state index is 12.9. The van der Waals surface area contributed by atoms with Crippen LogP contribution >= 0.6 is 11.8 Å². The number of thioether (sulfide) groups is 1. The molecule has 0 aromatic carbocycles. The zero-order valence-electron chi connectivity index (χ0n) is 13.8. The van der Waals surface area contributed by atoms with Crippen LogP contribution in [0.5, 0.6) is 0 Å². The molecule has 2 aromatic heterocycles. The third-order valence-electron chi connectivity index (χ3n) is 3.78. The molecular weight excluding hydrogens is 350 g/mol. The predicted molar refractivity (Wildman–Crippen MR) is 90.7 cm³/mol. The minimum atomic E-state index is -3.80. The molecule has 1 fully saturated rings. The van der Waals surface area contributed by atoms with Crippen molar-refractivity contribution in [3.63, 3.8) is 0 Å². The van der Waals surface area contributed by atoms with E-state index in [1.807, 2.05) is 0 Å².